The molecule has 5 nitrogen and oxygen atoms in total. The van der Waals surface area contributed by atoms with Crippen molar-refractivity contribution in [1.29, 1.82) is 0 Å². The first-order valence-corrected chi connectivity index (χ1v) is 7.55. The second-order valence-corrected chi connectivity index (χ2v) is 5.08. The number of para-hydroxylation sites is 1. The minimum atomic E-state index is -0.337. The van der Waals surface area contributed by atoms with Crippen LogP contribution in [0.4, 0.5) is 5.69 Å². The van der Waals surface area contributed by atoms with Crippen LogP contribution in [0.1, 0.15) is 0 Å². The predicted molar refractivity (Wildman–Crippen MR) is 95.0 cm³/mol. The number of hydrogen-bond donors (Lipinski definition) is 2. The van der Waals surface area contributed by atoms with Gasteiger partial charge in [-0.15, -0.1) is 0 Å². The molecule has 0 aliphatic rings. The molecule has 0 aliphatic carbocycles. The van der Waals surface area contributed by atoms with Crippen molar-refractivity contribution in [2.45, 2.75) is 6.29 Å². The highest BCUT2D eigenvalue weighted by molar-refractivity contribution is 7.80. The number of hydrogen-bond acceptors (Lipinski definition) is 4. The van der Waals surface area contributed by atoms with Gasteiger partial charge in [-0.25, -0.2) is 0 Å². The zero-order chi connectivity index (χ0) is 16.5. The van der Waals surface area contributed by atoms with Gasteiger partial charge in [0.1, 0.15) is 11.5 Å². The van der Waals surface area contributed by atoms with Gasteiger partial charge in [-0.3, -0.25) is 0 Å². The van der Waals surface area contributed by atoms with Gasteiger partial charge >= 0.3 is 0 Å². The third kappa shape index (κ3) is 5.86. The summed E-state index contributed by atoms with van der Waals surface area (Å²) in [6, 6.07) is 17.2. The summed E-state index contributed by atoms with van der Waals surface area (Å²) in [4.78, 5) is 0. The zero-order valence-corrected chi connectivity index (χ0v) is 13.9. The summed E-state index contributed by atoms with van der Waals surface area (Å²) < 4.78 is 15.9. The molecule has 6 heteroatoms. The van der Waals surface area contributed by atoms with E-state index >= 15 is 0 Å². The molecule has 0 bridgehead atoms. The molecule has 23 heavy (non-hydrogen) atoms. The summed E-state index contributed by atoms with van der Waals surface area (Å²) in [5.74, 6) is 1.56. The lowest BCUT2D eigenvalue weighted by Gasteiger charge is -2.16. The number of benzene rings is 2. The van der Waals surface area contributed by atoms with Gasteiger partial charge in [0.15, 0.2) is 11.4 Å². The van der Waals surface area contributed by atoms with Gasteiger partial charge in [0.25, 0.3) is 0 Å². The maximum absolute atomic E-state index is 5.74. The molecule has 0 aliphatic heterocycles. The Hall–Kier alpha value is -2.15. The standard InChI is InChI=1S/C17H20N2O3S/c1-20-16(21-2)12-18-17(23)19-13-8-10-15(11-9-13)22-14-6-4-3-5-7-14/h3-11,16H,12H2,1-2H3,(H2,18,19,23). The molecule has 2 rings (SSSR count). The Morgan fingerprint density at radius 1 is 0.957 bits per heavy atom. The van der Waals surface area contributed by atoms with E-state index in [-0.39, 0.29) is 6.29 Å². The molecule has 2 aromatic carbocycles. The lowest BCUT2D eigenvalue weighted by atomic mass is 10.3. The Labute approximate surface area is 141 Å². The summed E-state index contributed by atoms with van der Waals surface area (Å²) in [5.41, 5.74) is 0.870. The molecule has 2 aromatic rings. The van der Waals surface area contributed by atoms with E-state index in [1.165, 1.54) is 0 Å². The van der Waals surface area contributed by atoms with Crippen LogP contribution < -0.4 is 15.4 Å². The van der Waals surface area contributed by atoms with Crippen molar-refractivity contribution in [2.24, 2.45) is 0 Å². The van der Waals surface area contributed by atoms with Gasteiger partial charge in [-0.2, -0.15) is 0 Å². The van der Waals surface area contributed by atoms with E-state index < -0.39 is 0 Å². The third-order valence-corrected chi connectivity index (χ3v) is 3.29. The highest BCUT2D eigenvalue weighted by atomic mass is 32.1. The topological polar surface area (TPSA) is 51.8 Å². The Kier molecular flexibility index (Phi) is 6.80. The molecular weight excluding hydrogens is 312 g/mol. The molecular formula is C17H20N2O3S. The largest absolute Gasteiger partial charge is 0.457 e. The van der Waals surface area contributed by atoms with Gasteiger partial charge in [0.2, 0.25) is 0 Å². The summed E-state index contributed by atoms with van der Waals surface area (Å²) in [7, 11) is 3.16. The first kappa shape index (κ1) is 17.2. The van der Waals surface area contributed by atoms with Crippen LogP contribution in [0, 0.1) is 0 Å². The Bertz CT molecular complexity index is 601. The summed E-state index contributed by atoms with van der Waals surface area (Å²) in [6.07, 6.45) is -0.337. The van der Waals surface area contributed by atoms with Crippen LogP contribution in [0.3, 0.4) is 0 Å². The molecule has 0 atom stereocenters. The van der Waals surface area contributed by atoms with Crippen molar-refractivity contribution >= 4 is 23.0 Å². The lowest BCUT2D eigenvalue weighted by molar-refractivity contribution is -0.0964. The second kappa shape index (κ2) is 9.09. The van der Waals surface area contributed by atoms with Crippen molar-refractivity contribution < 1.29 is 14.2 Å². The van der Waals surface area contributed by atoms with E-state index in [2.05, 4.69) is 10.6 Å². The molecule has 0 unspecified atom stereocenters. The van der Waals surface area contributed by atoms with Crippen LogP contribution >= 0.6 is 12.2 Å². The third-order valence-electron chi connectivity index (χ3n) is 3.05. The smallest absolute Gasteiger partial charge is 0.174 e. The number of methoxy groups -OCH3 is 2. The van der Waals surface area contributed by atoms with Crippen LogP contribution in [-0.4, -0.2) is 32.2 Å². The van der Waals surface area contributed by atoms with Crippen molar-refractivity contribution in [3.63, 3.8) is 0 Å². The Balaban J connectivity index is 1.83. The quantitative estimate of drug-likeness (QED) is 0.599. The highest BCUT2D eigenvalue weighted by Gasteiger charge is 2.05. The summed E-state index contributed by atoms with van der Waals surface area (Å²) in [5, 5.41) is 6.62. The van der Waals surface area contributed by atoms with Crippen LogP contribution in [0.15, 0.2) is 54.6 Å². The fraction of sp³-hybridized carbons (Fsp3) is 0.235. The first-order valence-electron chi connectivity index (χ1n) is 7.14. The Morgan fingerprint density at radius 3 is 2.17 bits per heavy atom. The van der Waals surface area contributed by atoms with Crippen LogP contribution in [0.5, 0.6) is 11.5 Å². The molecule has 0 amide bonds. The highest BCUT2D eigenvalue weighted by Crippen LogP contribution is 2.22. The number of anilines is 1. The van der Waals surface area contributed by atoms with Gasteiger partial charge in [0, 0.05) is 19.9 Å². The SMILES string of the molecule is COC(CNC(=S)Nc1ccc(Oc2ccccc2)cc1)OC. The minimum Gasteiger partial charge on any atom is -0.457 e. The number of thiocarbonyl (C=S) groups is 1. The zero-order valence-electron chi connectivity index (χ0n) is 13.1. The maximum Gasteiger partial charge on any atom is 0.174 e. The number of nitrogens with one attached hydrogen (secondary N) is 2. The monoisotopic (exact) mass is 332 g/mol. The summed E-state index contributed by atoms with van der Waals surface area (Å²) >= 11 is 5.22. The average molecular weight is 332 g/mol. The molecule has 0 radical (unpaired) electrons. The molecule has 0 fully saturated rings. The second-order valence-electron chi connectivity index (χ2n) is 4.68. The van der Waals surface area contributed by atoms with Crippen molar-refractivity contribution in [1.82, 2.24) is 5.32 Å². The van der Waals surface area contributed by atoms with E-state index in [4.69, 9.17) is 26.4 Å². The van der Waals surface area contributed by atoms with Gasteiger partial charge in [0.05, 0.1) is 6.54 Å². The number of rotatable bonds is 7. The van der Waals surface area contributed by atoms with E-state index in [1.54, 1.807) is 14.2 Å². The fourth-order valence-electron chi connectivity index (χ4n) is 1.85. The van der Waals surface area contributed by atoms with Crippen molar-refractivity contribution in [3.05, 3.63) is 54.6 Å². The van der Waals surface area contributed by atoms with Crippen molar-refractivity contribution in [2.75, 3.05) is 26.1 Å². The fourth-order valence-corrected chi connectivity index (χ4v) is 2.05. The molecule has 0 aromatic heterocycles. The normalized spacial score (nSPS) is 10.4. The van der Waals surface area contributed by atoms with Gasteiger partial charge < -0.3 is 24.8 Å². The van der Waals surface area contributed by atoms with Crippen LogP contribution in [0.25, 0.3) is 0 Å². The van der Waals surface area contributed by atoms with E-state index in [1.807, 2.05) is 54.6 Å². The molecule has 0 saturated carbocycles. The first-order chi connectivity index (χ1) is 11.2. The maximum atomic E-state index is 5.74. The van der Waals surface area contributed by atoms with Crippen LogP contribution in [-0.2, 0) is 9.47 Å². The van der Waals surface area contributed by atoms with Gasteiger partial charge in [-0.05, 0) is 48.6 Å². The summed E-state index contributed by atoms with van der Waals surface area (Å²) in [6.45, 7) is 0.466. The predicted octanol–water partition coefficient (Wildman–Crippen LogP) is 3.38. The molecule has 0 heterocycles. The van der Waals surface area contributed by atoms with Crippen LogP contribution in [0.2, 0.25) is 0 Å². The minimum absolute atomic E-state index is 0.337. The molecule has 2 N–H and O–H groups in total. The molecule has 0 spiro atoms. The average Bonchev–Trinajstić information content (AvgIpc) is 2.58. The Morgan fingerprint density at radius 2 is 1.57 bits per heavy atom. The van der Waals surface area contributed by atoms with E-state index in [0.717, 1.165) is 17.2 Å². The van der Waals surface area contributed by atoms with E-state index in [0.29, 0.717) is 11.7 Å². The molecule has 0 saturated heterocycles. The molecule has 122 valence electrons. The van der Waals surface area contributed by atoms with E-state index in [9.17, 15) is 0 Å². The number of ether oxygens (including phenoxy) is 3. The van der Waals surface area contributed by atoms with Crippen molar-refractivity contribution in [3.8, 4) is 11.5 Å². The lowest BCUT2D eigenvalue weighted by Crippen LogP contribution is -2.36. The van der Waals surface area contributed by atoms with Gasteiger partial charge in [-0.1, -0.05) is 18.2 Å².